The third-order valence-electron chi connectivity index (χ3n) is 3.09. The topological polar surface area (TPSA) is 84.3 Å². The molecular formula is C15H14BrN3O3. The smallest absolute Gasteiger partial charge is 0.274 e. The van der Waals surface area contributed by atoms with Crippen molar-refractivity contribution in [2.75, 3.05) is 17.2 Å². The van der Waals surface area contributed by atoms with Gasteiger partial charge in [0.15, 0.2) is 0 Å². The summed E-state index contributed by atoms with van der Waals surface area (Å²) in [5, 5.41) is 16.6. The lowest BCUT2D eigenvalue weighted by Gasteiger charge is -2.10. The largest absolute Gasteiger partial charge is 0.375 e. The van der Waals surface area contributed by atoms with Crippen LogP contribution in [0.5, 0.6) is 0 Å². The quantitative estimate of drug-likeness (QED) is 0.626. The number of carbonyl (C=O) groups excluding carboxylic acids is 1. The van der Waals surface area contributed by atoms with Gasteiger partial charge < -0.3 is 10.6 Å². The summed E-state index contributed by atoms with van der Waals surface area (Å²) in [7, 11) is 0. The summed E-state index contributed by atoms with van der Waals surface area (Å²) in [5.41, 5.74) is 1.65. The van der Waals surface area contributed by atoms with Crippen molar-refractivity contribution in [3.05, 3.63) is 62.6 Å². The number of nitrogens with one attached hydrogen (secondary N) is 2. The normalized spacial score (nSPS) is 10.1. The van der Waals surface area contributed by atoms with Crippen LogP contribution in [0.3, 0.4) is 0 Å². The Kier molecular flexibility index (Phi) is 5.11. The van der Waals surface area contributed by atoms with E-state index in [4.69, 9.17) is 0 Å². The summed E-state index contributed by atoms with van der Waals surface area (Å²) >= 11 is 3.38. The van der Waals surface area contributed by atoms with Gasteiger partial charge in [0.25, 0.3) is 5.69 Å². The van der Waals surface area contributed by atoms with Gasteiger partial charge in [0.05, 0.1) is 22.7 Å². The lowest BCUT2D eigenvalue weighted by molar-refractivity contribution is -0.385. The molecule has 0 fully saturated rings. The van der Waals surface area contributed by atoms with E-state index in [0.717, 1.165) is 10.2 Å². The first-order valence-electron chi connectivity index (χ1n) is 6.51. The minimum absolute atomic E-state index is 0.0171. The van der Waals surface area contributed by atoms with E-state index < -0.39 is 4.92 Å². The highest BCUT2D eigenvalue weighted by Gasteiger charge is 2.14. The summed E-state index contributed by atoms with van der Waals surface area (Å²) in [4.78, 5) is 22.4. The third kappa shape index (κ3) is 3.82. The number of nitro groups is 1. The standard InChI is InChI=1S/C15H14BrN3O3/c1-10-12(7-4-8-14(10)19(21)22)18-15(20)9-17-13-6-3-2-5-11(13)16/h2-8,17H,9H2,1H3,(H,18,20). The molecule has 0 aliphatic heterocycles. The highest BCUT2D eigenvalue weighted by atomic mass is 79.9. The molecule has 0 atom stereocenters. The predicted molar refractivity (Wildman–Crippen MR) is 89.1 cm³/mol. The van der Waals surface area contributed by atoms with E-state index in [-0.39, 0.29) is 18.1 Å². The van der Waals surface area contributed by atoms with E-state index in [1.54, 1.807) is 19.1 Å². The molecule has 1 amide bonds. The first kappa shape index (κ1) is 16.0. The molecule has 0 bridgehead atoms. The van der Waals surface area contributed by atoms with Gasteiger partial charge in [-0.05, 0) is 41.1 Å². The van der Waals surface area contributed by atoms with Crippen LogP contribution in [0, 0.1) is 17.0 Å². The van der Waals surface area contributed by atoms with Gasteiger partial charge in [-0.25, -0.2) is 0 Å². The maximum Gasteiger partial charge on any atom is 0.274 e. The van der Waals surface area contributed by atoms with Gasteiger partial charge >= 0.3 is 0 Å². The average molecular weight is 364 g/mol. The van der Waals surface area contributed by atoms with E-state index in [0.29, 0.717) is 11.3 Å². The molecular weight excluding hydrogens is 350 g/mol. The Morgan fingerprint density at radius 3 is 2.55 bits per heavy atom. The number of nitro benzene ring substituents is 1. The molecule has 22 heavy (non-hydrogen) atoms. The van der Waals surface area contributed by atoms with Crippen LogP contribution < -0.4 is 10.6 Å². The van der Waals surface area contributed by atoms with E-state index in [2.05, 4.69) is 26.6 Å². The molecule has 2 aromatic carbocycles. The van der Waals surface area contributed by atoms with E-state index >= 15 is 0 Å². The van der Waals surface area contributed by atoms with Gasteiger partial charge in [-0.3, -0.25) is 14.9 Å². The van der Waals surface area contributed by atoms with Crippen LogP contribution in [0.1, 0.15) is 5.56 Å². The Bertz CT molecular complexity index is 719. The number of carbonyl (C=O) groups is 1. The Labute approximate surface area is 135 Å². The van der Waals surface area contributed by atoms with E-state index in [1.807, 2.05) is 24.3 Å². The fraction of sp³-hybridized carbons (Fsp3) is 0.133. The molecule has 114 valence electrons. The van der Waals surface area contributed by atoms with Gasteiger partial charge in [-0.2, -0.15) is 0 Å². The minimum Gasteiger partial charge on any atom is -0.375 e. The van der Waals surface area contributed by atoms with Crippen molar-refractivity contribution >= 4 is 38.9 Å². The summed E-state index contributed by atoms with van der Waals surface area (Å²) in [5.74, 6) is -0.278. The molecule has 6 nitrogen and oxygen atoms in total. The van der Waals surface area contributed by atoms with Crippen LogP contribution in [0.25, 0.3) is 0 Å². The Balaban J connectivity index is 2.02. The summed E-state index contributed by atoms with van der Waals surface area (Å²) in [6, 6.07) is 12.0. The fourth-order valence-corrected chi connectivity index (χ4v) is 2.36. The zero-order valence-corrected chi connectivity index (χ0v) is 13.4. The molecule has 0 saturated carbocycles. The Morgan fingerprint density at radius 2 is 1.86 bits per heavy atom. The van der Waals surface area contributed by atoms with Crippen LogP contribution in [0.4, 0.5) is 17.1 Å². The van der Waals surface area contributed by atoms with Gasteiger partial charge in [-0.15, -0.1) is 0 Å². The second-order valence-electron chi connectivity index (χ2n) is 4.59. The number of benzene rings is 2. The SMILES string of the molecule is Cc1c(NC(=O)CNc2ccccc2Br)cccc1[N+](=O)[O-]. The fourth-order valence-electron chi connectivity index (χ4n) is 1.93. The molecule has 0 unspecified atom stereocenters. The number of anilines is 2. The molecule has 0 aliphatic carbocycles. The molecule has 0 aliphatic rings. The summed E-state index contributed by atoms with van der Waals surface area (Å²) in [6.45, 7) is 1.67. The number of rotatable bonds is 5. The number of nitrogens with zero attached hydrogens (tertiary/aromatic N) is 1. The number of para-hydroxylation sites is 1. The Morgan fingerprint density at radius 1 is 1.18 bits per heavy atom. The summed E-state index contributed by atoms with van der Waals surface area (Å²) < 4.78 is 0.856. The first-order valence-corrected chi connectivity index (χ1v) is 7.30. The van der Waals surface area contributed by atoms with E-state index in [9.17, 15) is 14.9 Å². The van der Waals surface area contributed by atoms with Crippen molar-refractivity contribution in [2.45, 2.75) is 6.92 Å². The molecule has 0 spiro atoms. The highest BCUT2D eigenvalue weighted by Crippen LogP contribution is 2.25. The second kappa shape index (κ2) is 7.04. The Hall–Kier alpha value is -2.41. The highest BCUT2D eigenvalue weighted by molar-refractivity contribution is 9.10. The molecule has 2 rings (SSSR count). The maximum atomic E-state index is 12.0. The maximum absolute atomic E-state index is 12.0. The molecule has 0 aromatic heterocycles. The number of amides is 1. The third-order valence-corrected chi connectivity index (χ3v) is 3.78. The second-order valence-corrected chi connectivity index (χ2v) is 5.44. The molecule has 2 N–H and O–H groups in total. The minimum atomic E-state index is -0.468. The van der Waals surface area contributed by atoms with Crippen LogP contribution in [-0.4, -0.2) is 17.4 Å². The number of hydrogen-bond donors (Lipinski definition) is 2. The predicted octanol–water partition coefficient (Wildman–Crippen LogP) is 3.72. The van der Waals surface area contributed by atoms with Crippen molar-refractivity contribution in [2.24, 2.45) is 0 Å². The number of halogens is 1. The lowest BCUT2D eigenvalue weighted by Crippen LogP contribution is -2.22. The molecule has 2 aromatic rings. The van der Waals surface area contributed by atoms with Crippen LogP contribution in [0.15, 0.2) is 46.9 Å². The van der Waals surface area contributed by atoms with Crippen LogP contribution >= 0.6 is 15.9 Å². The van der Waals surface area contributed by atoms with Gasteiger partial charge in [0, 0.05) is 16.2 Å². The van der Waals surface area contributed by atoms with Gasteiger partial charge in [0.1, 0.15) is 0 Å². The van der Waals surface area contributed by atoms with Crippen molar-refractivity contribution in [1.82, 2.24) is 0 Å². The lowest BCUT2D eigenvalue weighted by atomic mass is 10.1. The van der Waals surface area contributed by atoms with Crippen LogP contribution in [-0.2, 0) is 4.79 Å². The molecule has 7 heteroatoms. The first-order chi connectivity index (χ1) is 10.5. The summed E-state index contributed by atoms with van der Waals surface area (Å²) in [6.07, 6.45) is 0. The van der Waals surface area contributed by atoms with Crippen LogP contribution in [0.2, 0.25) is 0 Å². The molecule has 0 heterocycles. The monoisotopic (exact) mass is 363 g/mol. The van der Waals surface area contributed by atoms with Crippen molar-refractivity contribution in [1.29, 1.82) is 0 Å². The zero-order chi connectivity index (χ0) is 16.1. The molecule has 0 saturated heterocycles. The van der Waals surface area contributed by atoms with Crippen molar-refractivity contribution in [3.8, 4) is 0 Å². The van der Waals surface area contributed by atoms with Gasteiger partial charge in [-0.1, -0.05) is 18.2 Å². The van der Waals surface area contributed by atoms with Gasteiger partial charge in [0.2, 0.25) is 5.91 Å². The zero-order valence-electron chi connectivity index (χ0n) is 11.8. The average Bonchev–Trinajstić information content (AvgIpc) is 2.48. The number of hydrogen-bond acceptors (Lipinski definition) is 4. The van der Waals surface area contributed by atoms with E-state index in [1.165, 1.54) is 6.07 Å². The molecule has 0 radical (unpaired) electrons. The van der Waals surface area contributed by atoms with Crippen molar-refractivity contribution in [3.63, 3.8) is 0 Å². The van der Waals surface area contributed by atoms with Crippen molar-refractivity contribution < 1.29 is 9.72 Å².